The Hall–Kier alpha value is -0.510. The van der Waals surface area contributed by atoms with Gasteiger partial charge in [0.1, 0.15) is 0 Å². The molecule has 0 aromatic carbocycles. The van der Waals surface area contributed by atoms with Gasteiger partial charge in [0.15, 0.2) is 5.12 Å². The van der Waals surface area contributed by atoms with E-state index in [9.17, 15) is 9.59 Å². The first kappa shape index (κ1) is 12.5. The third-order valence-corrected chi connectivity index (χ3v) is 2.60. The minimum atomic E-state index is -0.744. The Balaban J connectivity index is 3.69. The van der Waals surface area contributed by atoms with Crippen LogP contribution >= 0.6 is 11.8 Å². The van der Waals surface area contributed by atoms with Crippen molar-refractivity contribution in [2.45, 2.75) is 33.1 Å². The van der Waals surface area contributed by atoms with Crippen LogP contribution in [0.1, 0.15) is 33.1 Å². The van der Waals surface area contributed by atoms with Crippen LogP contribution in [0.15, 0.2) is 0 Å². The number of carbonyl (C=O) groups is 2. The van der Waals surface area contributed by atoms with Gasteiger partial charge < -0.3 is 5.11 Å². The van der Waals surface area contributed by atoms with Crippen molar-refractivity contribution in [2.24, 2.45) is 5.92 Å². The molecule has 13 heavy (non-hydrogen) atoms. The predicted octanol–water partition coefficient (Wildman–Crippen LogP) is 2.16. The van der Waals surface area contributed by atoms with Gasteiger partial charge in [-0.25, -0.2) is 0 Å². The lowest BCUT2D eigenvalue weighted by Gasteiger charge is -2.09. The molecule has 0 aliphatic rings. The Morgan fingerprint density at radius 3 is 2.38 bits per heavy atom. The van der Waals surface area contributed by atoms with E-state index in [2.05, 4.69) is 0 Å². The summed E-state index contributed by atoms with van der Waals surface area (Å²) in [6.07, 6.45) is 2.17. The van der Waals surface area contributed by atoms with E-state index in [4.69, 9.17) is 5.11 Å². The Morgan fingerprint density at radius 1 is 1.38 bits per heavy atom. The summed E-state index contributed by atoms with van der Waals surface area (Å²) < 4.78 is 0. The maximum absolute atomic E-state index is 10.7. The van der Waals surface area contributed by atoms with Gasteiger partial charge in [0.25, 0.3) is 0 Å². The van der Waals surface area contributed by atoms with Crippen LogP contribution in [0.25, 0.3) is 0 Å². The smallest absolute Gasteiger partial charge is 0.306 e. The average Bonchev–Trinajstić information content (AvgIpc) is 2.02. The minimum absolute atomic E-state index is 0.0561. The van der Waals surface area contributed by atoms with E-state index in [0.29, 0.717) is 18.6 Å². The van der Waals surface area contributed by atoms with Crippen molar-refractivity contribution in [3.8, 4) is 0 Å². The molecule has 76 valence electrons. The fraction of sp³-hybridized carbons (Fsp3) is 0.778. The molecule has 0 bridgehead atoms. The van der Waals surface area contributed by atoms with Crippen molar-refractivity contribution in [1.29, 1.82) is 0 Å². The van der Waals surface area contributed by atoms with E-state index < -0.39 is 5.97 Å². The zero-order valence-corrected chi connectivity index (χ0v) is 8.89. The summed E-state index contributed by atoms with van der Waals surface area (Å²) in [4.78, 5) is 21.2. The topological polar surface area (TPSA) is 54.4 Å². The molecule has 0 unspecified atom stereocenters. The molecule has 0 amide bonds. The molecule has 0 saturated heterocycles. The molecule has 0 spiro atoms. The summed E-state index contributed by atoms with van der Waals surface area (Å²) in [6, 6.07) is 0. The fourth-order valence-electron chi connectivity index (χ4n) is 1.08. The second kappa shape index (κ2) is 6.95. The van der Waals surface area contributed by atoms with E-state index in [-0.39, 0.29) is 11.0 Å². The van der Waals surface area contributed by atoms with Crippen LogP contribution in [0.3, 0.4) is 0 Å². The molecule has 3 nitrogen and oxygen atoms in total. The van der Waals surface area contributed by atoms with Crippen molar-refractivity contribution in [1.82, 2.24) is 0 Å². The Kier molecular flexibility index (Phi) is 6.68. The molecule has 0 heterocycles. The van der Waals surface area contributed by atoms with Crippen molar-refractivity contribution >= 4 is 22.8 Å². The van der Waals surface area contributed by atoms with Crippen LogP contribution in [0.4, 0.5) is 0 Å². The molecular weight excluding hydrogens is 188 g/mol. The normalized spacial score (nSPS) is 12.5. The summed E-state index contributed by atoms with van der Waals surface area (Å²) in [5.41, 5.74) is 0. The standard InChI is InChI=1S/C9H16O3S/c1-3-4-8(9(11)12)5-6-13-7(2)10/h8H,3-6H2,1-2H3,(H,11,12)/t8-/m1/s1. The Labute approximate surface area is 82.9 Å². The molecule has 4 heteroatoms. The molecule has 1 atom stereocenters. The molecule has 0 rings (SSSR count). The van der Waals surface area contributed by atoms with Crippen LogP contribution in [0, 0.1) is 5.92 Å². The predicted molar refractivity (Wildman–Crippen MR) is 53.8 cm³/mol. The summed E-state index contributed by atoms with van der Waals surface area (Å²) in [5, 5.41) is 8.83. The highest BCUT2D eigenvalue weighted by molar-refractivity contribution is 8.13. The lowest BCUT2D eigenvalue weighted by Crippen LogP contribution is -2.14. The number of hydrogen-bond donors (Lipinski definition) is 1. The maximum atomic E-state index is 10.7. The highest BCUT2D eigenvalue weighted by Crippen LogP contribution is 2.15. The zero-order valence-electron chi connectivity index (χ0n) is 8.08. The van der Waals surface area contributed by atoms with Crippen LogP contribution in [0.5, 0.6) is 0 Å². The van der Waals surface area contributed by atoms with Gasteiger partial charge in [0, 0.05) is 12.7 Å². The number of hydrogen-bond acceptors (Lipinski definition) is 3. The summed E-state index contributed by atoms with van der Waals surface area (Å²) in [6.45, 7) is 3.47. The van der Waals surface area contributed by atoms with E-state index in [0.717, 1.165) is 6.42 Å². The van der Waals surface area contributed by atoms with E-state index in [1.165, 1.54) is 18.7 Å². The molecule has 0 radical (unpaired) electrons. The monoisotopic (exact) mass is 204 g/mol. The summed E-state index contributed by atoms with van der Waals surface area (Å²) >= 11 is 1.20. The highest BCUT2D eigenvalue weighted by Gasteiger charge is 2.15. The molecule has 0 saturated carbocycles. The number of carbonyl (C=O) groups excluding carboxylic acids is 1. The fourth-order valence-corrected chi connectivity index (χ4v) is 1.77. The SMILES string of the molecule is CCC[C@H](CCSC(C)=O)C(=O)O. The van der Waals surface area contributed by atoms with Gasteiger partial charge >= 0.3 is 5.97 Å². The molecule has 0 aliphatic carbocycles. The first-order valence-corrected chi connectivity index (χ1v) is 5.42. The van der Waals surface area contributed by atoms with Gasteiger partial charge in [-0.1, -0.05) is 25.1 Å². The number of carboxylic acid groups (broad SMARTS) is 1. The number of aliphatic carboxylic acids is 1. The summed E-state index contributed by atoms with van der Waals surface area (Å²) in [7, 11) is 0. The second-order valence-corrected chi connectivity index (χ2v) is 4.22. The first-order valence-electron chi connectivity index (χ1n) is 4.44. The third kappa shape index (κ3) is 6.63. The van der Waals surface area contributed by atoms with E-state index >= 15 is 0 Å². The van der Waals surface area contributed by atoms with Crippen LogP contribution in [-0.2, 0) is 9.59 Å². The van der Waals surface area contributed by atoms with Gasteiger partial charge in [-0.15, -0.1) is 0 Å². The molecule has 0 aromatic heterocycles. The zero-order chi connectivity index (χ0) is 10.3. The van der Waals surface area contributed by atoms with Gasteiger partial charge in [-0.2, -0.15) is 0 Å². The molecular formula is C9H16O3S. The van der Waals surface area contributed by atoms with Gasteiger partial charge in [0.2, 0.25) is 0 Å². The quantitative estimate of drug-likeness (QED) is 0.720. The molecule has 0 aromatic rings. The molecule has 0 fully saturated rings. The Morgan fingerprint density at radius 2 is 2.00 bits per heavy atom. The maximum Gasteiger partial charge on any atom is 0.306 e. The third-order valence-electron chi connectivity index (χ3n) is 1.76. The number of rotatable bonds is 6. The van der Waals surface area contributed by atoms with Crippen molar-refractivity contribution < 1.29 is 14.7 Å². The highest BCUT2D eigenvalue weighted by atomic mass is 32.2. The molecule has 0 aliphatic heterocycles. The van der Waals surface area contributed by atoms with Crippen molar-refractivity contribution in [3.05, 3.63) is 0 Å². The van der Waals surface area contributed by atoms with Crippen LogP contribution in [-0.4, -0.2) is 21.9 Å². The Bertz CT molecular complexity index is 180. The molecule has 1 N–H and O–H groups in total. The van der Waals surface area contributed by atoms with Gasteiger partial charge in [0.05, 0.1) is 5.92 Å². The summed E-state index contributed by atoms with van der Waals surface area (Å²) in [5.74, 6) is -0.408. The van der Waals surface area contributed by atoms with E-state index in [1.54, 1.807) is 0 Å². The first-order chi connectivity index (χ1) is 6.07. The minimum Gasteiger partial charge on any atom is -0.481 e. The van der Waals surface area contributed by atoms with E-state index in [1.807, 2.05) is 6.92 Å². The lowest BCUT2D eigenvalue weighted by atomic mass is 10.0. The lowest BCUT2D eigenvalue weighted by molar-refractivity contribution is -0.142. The number of carboxylic acids is 1. The second-order valence-electron chi connectivity index (χ2n) is 2.95. The van der Waals surface area contributed by atoms with Crippen molar-refractivity contribution in [3.63, 3.8) is 0 Å². The van der Waals surface area contributed by atoms with Gasteiger partial charge in [-0.3, -0.25) is 9.59 Å². The largest absolute Gasteiger partial charge is 0.481 e. The van der Waals surface area contributed by atoms with Crippen LogP contribution in [0.2, 0.25) is 0 Å². The van der Waals surface area contributed by atoms with Crippen molar-refractivity contribution in [2.75, 3.05) is 5.75 Å². The van der Waals surface area contributed by atoms with Gasteiger partial charge in [-0.05, 0) is 12.8 Å². The van der Waals surface area contributed by atoms with Crippen LogP contribution < -0.4 is 0 Å². The average molecular weight is 204 g/mol. The number of thioether (sulfide) groups is 1.